The molecule has 3 aromatic rings. The van der Waals surface area contributed by atoms with Crippen molar-refractivity contribution in [1.82, 2.24) is 10.2 Å². The minimum atomic E-state index is -4.35. The smallest absolute Gasteiger partial charge is 0.264 e. The maximum Gasteiger partial charge on any atom is 0.264 e. The van der Waals surface area contributed by atoms with Gasteiger partial charge >= 0.3 is 0 Å². The molecule has 9 nitrogen and oxygen atoms in total. The number of aryl methyl sites for hydroxylation is 2. The molecule has 0 bridgehead atoms. The van der Waals surface area contributed by atoms with Crippen molar-refractivity contribution in [2.24, 2.45) is 0 Å². The van der Waals surface area contributed by atoms with Gasteiger partial charge in [0.1, 0.15) is 18.4 Å². The molecule has 0 radical (unpaired) electrons. The minimum absolute atomic E-state index is 0.128. The van der Waals surface area contributed by atoms with Crippen molar-refractivity contribution in [2.75, 3.05) is 25.1 Å². The number of hydrogen-bond acceptors (Lipinski definition) is 6. The topological polar surface area (TPSA) is 105 Å². The maximum absolute atomic E-state index is 14.7. The highest BCUT2D eigenvalue weighted by atomic mass is 32.2. The zero-order chi connectivity index (χ0) is 32.1. The number of sulfonamides is 1. The van der Waals surface area contributed by atoms with Gasteiger partial charge in [-0.25, -0.2) is 12.8 Å². The van der Waals surface area contributed by atoms with Crippen LogP contribution in [0, 0.1) is 19.7 Å². The van der Waals surface area contributed by atoms with E-state index in [4.69, 9.17) is 9.47 Å². The second-order valence-electron chi connectivity index (χ2n) is 11.4. The van der Waals surface area contributed by atoms with Crippen LogP contribution in [0.15, 0.2) is 65.6 Å². The highest BCUT2D eigenvalue weighted by Crippen LogP contribution is 2.33. The fourth-order valence-electron chi connectivity index (χ4n) is 4.59. The Bertz CT molecular complexity index is 1570. The molecule has 0 saturated heterocycles. The molecule has 0 fully saturated rings. The average molecular weight is 614 g/mol. The van der Waals surface area contributed by atoms with Crippen LogP contribution < -0.4 is 19.1 Å². The summed E-state index contributed by atoms with van der Waals surface area (Å²) in [6.45, 7) is 9.69. The van der Waals surface area contributed by atoms with Crippen molar-refractivity contribution in [1.29, 1.82) is 0 Å². The fourth-order valence-corrected chi connectivity index (χ4v) is 6.01. The molecule has 3 rings (SSSR count). The SMILES string of the molecule is COc1ccc(S(=O)(=O)N(CC(=O)N(Cc2ccccc2F)C(C)C(=O)NC(C)(C)C)c2cc(C)cc(C)c2)cc1OC. The van der Waals surface area contributed by atoms with E-state index in [2.05, 4.69) is 5.32 Å². The molecule has 0 aliphatic heterocycles. The molecule has 0 spiro atoms. The molecule has 0 saturated carbocycles. The fraction of sp³-hybridized carbons (Fsp3) is 0.375. The molecular formula is C32H40FN3O6S. The lowest BCUT2D eigenvalue weighted by Crippen LogP contribution is -2.54. The van der Waals surface area contributed by atoms with Crippen LogP contribution in [-0.2, 0) is 26.2 Å². The number of methoxy groups -OCH3 is 2. The van der Waals surface area contributed by atoms with Crippen molar-refractivity contribution >= 4 is 27.5 Å². The van der Waals surface area contributed by atoms with Crippen molar-refractivity contribution in [3.8, 4) is 11.5 Å². The molecule has 1 atom stereocenters. The summed E-state index contributed by atoms with van der Waals surface area (Å²) in [7, 11) is -1.52. The highest BCUT2D eigenvalue weighted by molar-refractivity contribution is 7.92. The van der Waals surface area contributed by atoms with Crippen molar-refractivity contribution < 1.29 is 31.9 Å². The van der Waals surface area contributed by atoms with Gasteiger partial charge in [-0.3, -0.25) is 13.9 Å². The molecule has 0 aliphatic carbocycles. The van der Waals surface area contributed by atoms with Crippen LogP contribution in [0.25, 0.3) is 0 Å². The van der Waals surface area contributed by atoms with Gasteiger partial charge in [0.25, 0.3) is 10.0 Å². The largest absolute Gasteiger partial charge is 0.493 e. The Kier molecular flexibility index (Phi) is 10.4. The molecule has 1 unspecified atom stereocenters. The Morgan fingerprint density at radius 3 is 2.09 bits per heavy atom. The zero-order valence-electron chi connectivity index (χ0n) is 25.9. The van der Waals surface area contributed by atoms with Gasteiger partial charge in [-0.2, -0.15) is 0 Å². The first kappa shape index (κ1) is 33.4. The van der Waals surface area contributed by atoms with E-state index in [1.54, 1.807) is 39.0 Å². The number of carbonyl (C=O) groups excluding carboxylic acids is 2. The summed E-state index contributed by atoms with van der Waals surface area (Å²) in [6.07, 6.45) is 0. The number of amides is 2. The van der Waals surface area contributed by atoms with E-state index in [1.807, 2.05) is 19.9 Å². The molecule has 232 valence electrons. The Balaban J connectivity index is 2.13. The van der Waals surface area contributed by atoms with Crippen molar-refractivity contribution in [2.45, 2.75) is 64.6 Å². The number of halogens is 1. The second-order valence-corrected chi connectivity index (χ2v) is 13.3. The normalized spacial score (nSPS) is 12.3. The van der Waals surface area contributed by atoms with Gasteiger partial charge in [0.15, 0.2) is 11.5 Å². The number of ether oxygens (including phenoxy) is 2. The summed E-state index contributed by atoms with van der Waals surface area (Å²) < 4.78 is 54.7. The summed E-state index contributed by atoms with van der Waals surface area (Å²) in [4.78, 5) is 28.4. The number of anilines is 1. The van der Waals surface area contributed by atoms with Gasteiger partial charge in [-0.05, 0) is 83.0 Å². The molecule has 0 aliphatic rings. The summed E-state index contributed by atoms with van der Waals surface area (Å²) in [5.74, 6) is -1.16. The summed E-state index contributed by atoms with van der Waals surface area (Å²) in [5, 5.41) is 2.85. The molecule has 0 heterocycles. The summed E-state index contributed by atoms with van der Waals surface area (Å²) in [5.41, 5.74) is 1.43. The Labute approximate surface area is 253 Å². The van der Waals surface area contributed by atoms with E-state index >= 15 is 0 Å². The third-order valence-electron chi connectivity index (χ3n) is 6.68. The van der Waals surface area contributed by atoms with Gasteiger partial charge in [0.2, 0.25) is 11.8 Å². The van der Waals surface area contributed by atoms with E-state index in [0.29, 0.717) is 5.75 Å². The van der Waals surface area contributed by atoms with Crippen LogP contribution in [0.3, 0.4) is 0 Å². The first-order valence-electron chi connectivity index (χ1n) is 13.8. The minimum Gasteiger partial charge on any atom is -0.493 e. The summed E-state index contributed by atoms with van der Waals surface area (Å²) >= 11 is 0. The van der Waals surface area contributed by atoms with Crippen molar-refractivity contribution in [3.63, 3.8) is 0 Å². The molecule has 0 aromatic heterocycles. The van der Waals surface area contributed by atoms with Crippen molar-refractivity contribution in [3.05, 3.63) is 83.2 Å². The summed E-state index contributed by atoms with van der Waals surface area (Å²) in [6, 6.07) is 14.3. The Morgan fingerprint density at radius 2 is 1.53 bits per heavy atom. The lowest BCUT2D eigenvalue weighted by molar-refractivity contribution is -0.140. The van der Waals surface area contributed by atoms with Crippen LogP contribution in [0.2, 0.25) is 0 Å². The van der Waals surface area contributed by atoms with E-state index in [9.17, 15) is 22.4 Å². The van der Waals surface area contributed by atoms with Crippen LogP contribution >= 0.6 is 0 Å². The van der Waals surface area contributed by atoms with Crippen LogP contribution in [0.4, 0.5) is 10.1 Å². The van der Waals surface area contributed by atoms with Gasteiger partial charge in [-0.1, -0.05) is 24.3 Å². The molecule has 2 amide bonds. The third-order valence-corrected chi connectivity index (χ3v) is 8.45. The monoisotopic (exact) mass is 613 g/mol. The first-order valence-corrected chi connectivity index (χ1v) is 15.2. The van der Waals surface area contributed by atoms with Gasteiger partial charge in [0.05, 0.1) is 24.8 Å². The standard InChI is InChI=1S/C32H40FN3O6S/c1-21-15-22(2)17-25(16-21)36(43(39,40)26-13-14-28(41-7)29(18-26)42-8)20-30(37)35(19-24-11-9-10-12-27(24)33)23(3)31(38)34-32(4,5)6/h9-18,23H,19-20H2,1-8H3,(H,34,38). The first-order chi connectivity index (χ1) is 20.1. The quantitative estimate of drug-likeness (QED) is 0.327. The van der Waals surface area contributed by atoms with E-state index in [-0.39, 0.29) is 28.4 Å². The highest BCUT2D eigenvalue weighted by Gasteiger charge is 2.34. The predicted octanol–water partition coefficient (Wildman–Crippen LogP) is 4.99. The number of carbonyl (C=O) groups is 2. The maximum atomic E-state index is 14.7. The van der Waals surface area contributed by atoms with Crippen LogP contribution in [-0.4, -0.2) is 57.5 Å². The van der Waals surface area contributed by atoms with Crippen LogP contribution in [0.5, 0.6) is 11.5 Å². The second kappa shape index (κ2) is 13.5. The number of benzene rings is 3. The van der Waals surface area contributed by atoms with Gasteiger partial charge < -0.3 is 19.7 Å². The third kappa shape index (κ3) is 8.25. The van der Waals surface area contributed by atoms with Gasteiger partial charge in [-0.15, -0.1) is 0 Å². The lowest BCUT2D eigenvalue weighted by Gasteiger charge is -2.33. The van der Waals surface area contributed by atoms with E-state index in [0.717, 1.165) is 15.4 Å². The number of rotatable bonds is 11. The van der Waals surface area contributed by atoms with Crippen LogP contribution in [0.1, 0.15) is 44.4 Å². The Hall–Kier alpha value is -4.12. The lowest BCUT2D eigenvalue weighted by atomic mass is 10.1. The molecule has 43 heavy (non-hydrogen) atoms. The molecule has 3 aromatic carbocycles. The zero-order valence-corrected chi connectivity index (χ0v) is 26.7. The van der Waals surface area contributed by atoms with E-state index in [1.165, 1.54) is 62.4 Å². The molecule has 11 heteroatoms. The van der Waals surface area contributed by atoms with Gasteiger partial charge in [0, 0.05) is 23.7 Å². The predicted molar refractivity (Wildman–Crippen MR) is 164 cm³/mol. The number of nitrogens with zero attached hydrogens (tertiary/aromatic N) is 2. The average Bonchev–Trinajstić information content (AvgIpc) is 2.92. The molecule has 1 N–H and O–H groups in total. The number of hydrogen-bond donors (Lipinski definition) is 1. The molecular weight excluding hydrogens is 573 g/mol. The Morgan fingerprint density at radius 1 is 0.930 bits per heavy atom. The number of nitrogens with one attached hydrogen (secondary N) is 1. The van der Waals surface area contributed by atoms with E-state index < -0.39 is 45.8 Å².